The van der Waals surface area contributed by atoms with Crippen LogP contribution in [0.3, 0.4) is 0 Å². The number of hydrogen-bond acceptors (Lipinski definition) is 3. The Labute approximate surface area is 159 Å². The monoisotopic (exact) mass is 360 g/mol. The van der Waals surface area contributed by atoms with Crippen molar-refractivity contribution in [1.29, 1.82) is 0 Å². The second kappa shape index (κ2) is 10.1. The van der Waals surface area contributed by atoms with Crippen LogP contribution >= 0.6 is 0 Å². The molecule has 1 aromatic rings. The van der Waals surface area contributed by atoms with Crippen molar-refractivity contribution >= 4 is 5.97 Å². The van der Waals surface area contributed by atoms with Gasteiger partial charge in [0.25, 0.3) is 0 Å². The predicted octanol–water partition coefficient (Wildman–Crippen LogP) is 6.21. The van der Waals surface area contributed by atoms with Gasteiger partial charge >= 0.3 is 5.97 Å². The Balaban J connectivity index is 2.41. The van der Waals surface area contributed by atoms with Gasteiger partial charge in [-0.1, -0.05) is 83.7 Å². The zero-order valence-electron chi connectivity index (χ0n) is 17.0. The summed E-state index contributed by atoms with van der Waals surface area (Å²) in [6.45, 7) is 8.18. The fourth-order valence-electron chi connectivity index (χ4n) is 4.18. The summed E-state index contributed by atoms with van der Waals surface area (Å²) in [5.41, 5.74) is 0.853. The van der Waals surface area contributed by atoms with Gasteiger partial charge in [0.05, 0.1) is 0 Å². The lowest BCUT2D eigenvalue weighted by Gasteiger charge is -2.45. The molecule has 1 aliphatic rings. The molecule has 0 bridgehead atoms. The third-order valence-corrected chi connectivity index (χ3v) is 5.56. The summed E-state index contributed by atoms with van der Waals surface area (Å²) in [4.78, 5) is 12.0. The molecule has 0 amide bonds. The molecule has 1 fully saturated rings. The average Bonchev–Trinajstić information content (AvgIpc) is 2.68. The van der Waals surface area contributed by atoms with Crippen LogP contribution in [0.4, 0.5) is 0 Å². The van der Waals surface area contributed by atoms with E-state index < -0.39 is 6.29 Å². The fraction of sp³-hybridized carbons (Fsp3) is 0.696. The van der Waals surface area contributed by atoms with Gasteiger partial charge in [-0.2, -0.15) is 0 Å². The van der Waals surface area contributed by atoms with Crippen LogP contribution in [0.1, 0.15) is 84.6 Å². The summed E-state index contributed by atoms with van der Waals surface area (Å²) < 4.78 is 12.5. The molecule has 1 saturated carbocycles. The van der Waals surface area contributed by atoms with Gasteiger partial charge in [0.15, 0.2) is 0 Å². The Morgan fingerprint density at radius 3 is 2.31 bits per heavy atom. The van der Waals surface area contributed by atoms with Gasteiger partial charge in [-0.3, -0.25) is 4.79 Å². The third-order valence-electron chi connectivity index (χ3n) is 5.56. The van der Waals surface area contributed by atoms with Crippen LogP contribution in [-0.2, 0) is 19.9 Å². The summed E-state index contributed by atoms with van der Waals surface area (Å²) in [6, 6.07) is 10.6. The van der Waals surface area contributed by atoms with Gasteiger partial charge < -0.3 is 9.47 Å². The number of benzene rings is 1. The first-order valence-electron chi connectivity index (χ1n) is 10.5. The Bertz CT molecular complexity index is 534. The lowest BCUT2D eigenvalue weighted by atomic mass is 9.71. The molecule has 0 aliphatic heterocycles. The SMILES string of the molecule is CCCC(OC(OC(=O)CC)C(C)C)(c1ccccc1)C1CCCCC1. The van der Waals surface area contributed by atoms with Crippen LogP contribution < -0.4 is 0 Å². The summed E-state index contributed by atoms with van der Waals surface area (Å²) in [5, 5.41) is 0. The maximum Gasteiger partial charge on any atom is 0.307 e. The number of esters is 1. The highest BCUT2D eigenvalue weighted by Gasteiger charge is 2.44. The molecule has 0 N–H and O–H groups in total. The first-order chi connectivity index (χ1) is 12.5. The second-order valence-corrected chi connectivity index (χ2v) is 7.91. The number of ether oxygens (including phenoxy) is 2. The van der Waals surface area contributed by atoms with E-state index in [1.807, 2.05) is 6.92 Å². The van der Waals surface area contributed by atoms with Crippen LogP contribution in [-0.4, -0.2) is 12.3 Å². The van der Waals surface area contributed by atoms with E-state index in [0.29, 0.717) is 12.3 Å². The molecule has 0 radical (unpaired) electrons. The van der Waals surface area contributed by atoms with Crippen molar-refractivity contribution in [2.75, 3.05) is 0 Å². The largest absolute Gasteiger partial charge is 0.435 e. The Morgan fingerprint density at radius 1 is 1.12 bits per heavy atom. The Morgan fingerprint density at radius 2 is 1.77 bits per heavy atom. The maximum atomic E-state index is 12.0. The molecule has 0 saturated heterocycles. The van der Waals surface area contributed by atoms with Crippen LogP contribution in [0.5, 0.6) is 0 Å². The van der Waals surface area contributed by atoms with E-state index in [9.17, 15) is 4.79 Å². The predicted molar refractivity (Wildman–Crippen MR) is 106 cm³/mol. The summed E-state index contributed by atoms with van der Waals surface area (Å²) >= 11 is 0. The van der Waals surface area contributed by atoms with Crippen molar-refractivity contribution in [3.05, 3.63) is 35.9 Å². The minimum Gasteiger partial charge on any atom is -0.435 e. The molecule has 1 aromatic carbocycles. The molecule has 2 rings (SSSR count). The lowest BCUT2D eigenvalue weighted by molar-refractivity contribution is -0.249. The smallest absolute Gasteiger partial charge is 0.307 e. The minimum absolute atomic E-state index is 0.119. The number of hydrogen-bond donors (Lipinski definition) is 0. The quantitative estimate of drug-likeness (QED) is 0.388. The fourth-order valence-corrected chi connectivity index (χ4v) is 4.18. The first kappa shape index (κ1) is 21.0. The highest BCUT2D eigenvalue weighted by molar-refractivity contribution is 5.69. The van der Waals surface area contributed by atoms with Crippen molar-refractivity contribution in [3.8, 4) is 0 Å². The zero-order chi connectivity index (χ0) is 19.0. The van der Waals surface area contributed by atoms with Crippen molar-refractivity contribution in [1.82, 2.24) is 0 Å². The maximum absolute atomic E-state index is 12.0. The third kappa shape index (κ3) is 5.09. The molecular formula is C23H36O3. The van der Waals surface area contributed by atoms with Gasteiger partial charge in [-0.15, -0.1) is 0 Å². The number of carbonyl (C=O) groups excluding carboxylic acids is 1. The summed E-state index contributed by atoms with van der Waals surface area (Å²) in [6.07, 6.45) is 8.06. The summed E-state index contributed by atoms with van der Waals surface area (Å²) in [7, 11) is 0. The number of rotatable bonds is 9. The van der Waals surface area contributed by atoms with E-state index in [4.69, 9.17) is 9.47 Å². The molecule has 0 heterocycles. The second-order valence-electron chi connectivity index (χ2n) is 7.91. The first-order valence-corrected chi connectivity index (χ1v) is 10.5. The van der Waals surface area contributed by atoms with Crippen molar-refractivity contribution in [2.24, 2.45) is 11.8 Å². The molecule has 2 unspecified atom stereocenters. The Kier molecular flexibility index (Phi) is 8.15. The van der Waals surface area contributed by atoms with E-state index in [0.717, 1.165) is 12.8 Å². The van der Waals surface area contributed by atoms with Crippen LogP contribution in [0, 0.1) is 11.8 Å². The topological polar surface area (TPSA) is 35.5 Å². The standard InChI is InChI=1S/C23H36O3/c1-5-17-23(19-13-9-7-10-14-19,20-15-11-8-12-16-20)26-22(18(3)4)25-21(24)6-2/h7,9-10,13-14,18,20,22H,5-6,8,11-12,15-17H2,1-4H3. The molecule has 2 atom stereocenters. The molecule has 3 heteroatoms. The molecule has 146 valence electrons. The van der Waals surface area contributed by atoms with Gasteiger partial charge in [0, 0.05) is 12.3 Å². The molecule has 26 heavy (non-hydrogen) atoms. The van der Waals surface area contributed by atoms with E-state index >= 15 is 0 Å². The van der Waals surface area contributed by atoms with Gasteiger partial charge in [-0.05, 0) is 30.7 Å². The van der Waals surface area contributed by atoms with Crippen molar-refractivity contribution in [3.63, 3.8) is 0 Å². The van der Waals surface area contributed by atoms with E-state index in [2.05, 4.69) is 51.1 Å². The zero-order valence-corrected chi connectivity index (χ0v) is 17.0. The van der Waals surface area contributed by atoms with E-state index in [1.54, 1.807) is 0 Å². The molecule has 1 aliphatic carbocycles. The molecule has 0 aromatic heterocycles. The van der Waals surface area contributed by atoms with Crippen LogP contribution in [0.15, 0.2) is 30.3 Å². The van der Waals surface area contributed by atoms with Gasteiger partial charge in [0.2, 0.25) is 6.29 Å². The highest BCUT2D eigenvalue weighted by atomic mass is 16.7. The van der Waals surface area contributed by atoms with Crippen LogP contribution in [0.25, 0.3) is 0 Å². The molecular weight excluding hydrogens is 324 g/mol. The molecule has 0 spiro atoms. The van der Waals surface area contributed by atoms with Gasteiger partial charge in [0.1, 0.15) is 5.60 Å². The van der Waals surface area contributed by atoms with Crippen LogP contribution in [0.2, 0.25) is 0 Å². The minimum atomic E-state index is -0.504. The van der Waals surface area contributed by atoms with E-state index in [-0.39, 0.29) is 17.5 Å². The van der Waals surface area contributed by atoms with Crippen molar-refractivity contribution < 1.29 is 14.3 Å². The Hall–Kier alpha value is -1.35. The summed E-state index contributed by atoms with van der Waals surface area (Å²) in [5.74, 6) is 0.403. The molecule has 3 nitrogen and oxygen atoms in total. The van der Waals surface area contributed by atoms with Gasteiger partial charge in [-0.25, -0.2) is 0 Å². The number of carbonyl (C=O) groups is 1. The van der Waals surface area contributed by atoms with Crippen molar-refractivity contribution in [2.45, 2.75) is 91.0 Å². The van der Waals surface area contributed by atoms with E-state index in [1.165, 1.54) is 37.7 Å². The lowest BCUT2D eigenvalue weighted by Crippen LogP contribution is -2.44. The average molecular weight is 361 g/mol. The normalized spacial score (nSPS) is 19.1. The highest BCUT2D eigenvalue weighted by Crippen LogP contribution is 2.46.